The number of aliphatic imine (C=N–C) groups is 1. The quantitative estimate of drug-likeness (QED) is 0.425. The smallest absolute Gasteiger partial charge is 0.388 e. The molecule has 0 radical (unpaired) electrons. The van der Waals surface area contributed by atoms with E-state index in [1.54, 1.807) is 6.92 Å². The molecule has 0 fully saturated rings. The first-order valence-electron chi connectivity index (χ1n) is 5.22. The van der Waals surface area contributed by atoms with E-state index in [-0.39, 0.29) is 6.42 Å². The minimum atomic E-state index is -4.56. The van der Waals surface area contributed by atoms with Crippen LogP contribution in [0.3, 0.4) is 0 Å². The van der Waals surface area contributed by atoms with Crippen molar-refractivity contribution >= 4 is 5.84 Å². The van der Waals surface area contributed by atoms with Crippen molar-refractivity contribution < 1.29 is 18.3 Å². The molecule has 0 aromatic rings. The normalized spacial score (nSPS) is 17.2. The summed E-state index contributed by atoms with van der Waals surface area (Å²) < 4.78 is 36.7. The van der Waals surface area contributed by atoms with Gasteiger partial charge in [-0.05, 0) is 26.7 Å². The molecule has 0 aliphatic rings. The summed E-state index contributed by atoms with van der Waals surface area (Å²) in [6.45, 7) is 2.99. The van der Waals surface area contributed by atoms with Crippen molar-refractivity contribution in [2.24, 2.45) is 10.7 Å². The highest BCUT2D eigenvalue weighted by molar-refractivity contribution is 5.77. The molecule has 0 amide bonds. The average Bonchev–Trinajstić information content (AvgIpc) is 2.08. The lowest BCUT2D eigenvalue weighted by Gasteiger charge is -2.25. The van der Waals surface area contributed by atoms with E-state index in [9.17, 15) is 13.2 Å². The SMILES string of the molecule is CC(N)=NCCCCCC(C)(O)C(F)(F)F. The van der Waals surface area contributed by atoms with Gasteiger partial charge >= 0.3 is 6.18 Å². The zero-order valence-electron chi connectivity index (χ0n) is 9.64. The average molecular weight is 240 g/mol. The van der Waals surface area contributed by atoms with Gasteiger partial charge in [-0.25, -0.2) is 0 Å². The van der Waals surface area contributed by atoms with Crippen molar-refractivity contribution in [2.45, 2.75) is 51.3 Å². The standard InChI is InChI=1S/C10H19F3N2O/c1-8(14)15-7-5-3-4-6-9(2,16)10(11,12)13/h16H,3-7H2,1-2H3,(H2,14,15). The van der Waals surface area contributed by atoms with E-state index in [4.69, 9.17) is 10.8 Å². The number of hydrogen-bond acceptors (Lipinski definition) is 2. The predicted octanol–water partition coefficient (Wildman–Crippen LogP) is 2.24. The Hall–Kier alpha value is -0.780. The summed E-state index contributed by atoms with van der Waals surface area (Å²) in [4.78, 5) is 3.92. The molecule has 0 saturated heterocycles. The lowest BCUT2D eigenvalue weighted by Crippen LogP contribution is -2.41. The van der Waals surface area contributed by atoms with Gasteiger partial charge in [-0.2, -0.15) is 13.2 Å². The second-order valence-electron chi connectivity index (χ2n) is 4.11. The van der Waals surface area contributed by atoms with Crippen LogP contribution in [0.2, 0.25) is 0 Å². The zero-order chi connectivity index (χ0) is 12.8. The molecule has 0 heterocycles. The second kappa shape index (κ2) is 6.08. The third-order valence-electron chi connectivity index (χ3n) is 2.29. The molecule has 0 aliphatic heterocycles. The number of nitrogens with zero attached hydrogens (tertiary/aromatic N) is 1. The van der Waals surface area contributed by atoms with Gasteiger partial charge in [0.2, 0.25) is 0 Å². The molecule has 16 heavy (non-hydrogen) atoms. The van der Waals surface area contributed by atoms with E-state index >= 15 is 0 Å². The summed E-state index contributed by atoms with van der Waals surface area (Å²) in [6, 6.07) is 0. The van der Waals surface area contributed by atoms with Crippen LogP contribution in [-0.4, -0.2) is 29.3 Å². The maximum Gasteiger partial charge on any atom is 0.416 e. The van der Waals surface area contributed by atoms with Crippen molar-refractivity contribution in [3.05, 3.63) is 0 Å². The van der Waals surface area contributed by atoms with Crippen LogP contribution in [0.4, 0.5) is 13.2 Å². The highest BCUT2D eigenvalue weighted by atomic mass is 19.4. The Bertz CT molecular complexity index is 233. The Balaban J connectivity index is 3.71. The predicted molar refractivity (Wildman–Crippen MR) is 57.3 cm³/mol. The van der Waals surface area contributed by atoms with Gasteiger partial charge in [0, 0.05) is 6.54 Å². The van der Waals surface area contributed by atoms with Crippen LogP contribution in [0.15, 0.2) is 4.99 Å². The van der Waals surface area contributed by atoms with Gasteiger partial charge in [0.25, 0.3) is 0 Å². The number of unbranched alkanes of at least 4 members (excludes halogenated alkanes) is 2. The van der Waals surface area contributed by atoms with E-state index < -0.39 is 11.8 Å². The molecule has 0 aliphatic carbocycles. The highest BCUT2D eigenvalue weighted by Crippen LogP contribution is 2.33. The fourth-order valence-corrected chi connectivity index (χ4v) is 1.15. The van der Waals surface area contributed by atoms with Crippen molar-refractivity contribution in [1.29, 1.82) is 0 Å². The minimum Gasteiger partial charge on any atom is -0.388 e. The lowest BCUT2D eigenvalue weighted by atomic mass is 9.98. The summed E-state index contributed by atoms with van der Waals surface area (Å²) >= 11 is 0. The van der Waals surface area contributed by atoms with E-state index in [1.165, 1.54) is 0 Å². The van der Waals surface area contributed by atoms with Crippen LogP contribution in [0.1, 0.15) is 39.5 Å². The molecule has 3 N–H and O–H groups in total. The molecule has 0 rings (SSSR count). The molecule has 0 aromatic heterocycles. The van der Waals surface area contributed by atoms with Crippen molar-refractivity contribution in [3.63, 3.8) is 0 Å². The van der Waals surface area contributed by atoms with Crippen LogP contribution in [-0.2, 0) is 0 Å². The van der Waals surface area contributed by atoms with Crippen LogP contribution in [0.5, 0.6) is 0 Å². The first-order valence-corrected chi connectivity index (χ1v) is 5.22. The monoisotopic (exact) mass is 240 g/mol. The number of halogens is 3. The van der Waals surface area contributed by atoms with Crippen molar-refractivity contribution in [2.75, 3.05) is 6.54 Å². The molecule has 1 atom stereocenters. The summed E-state index contributed by atoms with van der Waals surface area (Å²) in [6.07, 6.45) is -3.22. The van der Waals surface area contributed by atoms with Gasteiger partial charge in [0.15, 0.2) is 5.60 Å². The number of amidine groups is 1. The van der Waals surface area contributed by atoms with Crippen molar-refractivity contribution in [3.8, 4) is 0 Å². The summed E-state index contributed by atoms with van der Waals surface area (Å²) in [5.41, 5.74) is 2.71. The second-order valence-corrected chi connectivity index (χ2v) is 4.11. The molecular weight excluding hydrogens is 221 g/mol. The number of rotatable bonds is 6. The van der Waals surface area contributed by atoms with Crippen LogP contribution < -0.4 is 5.73 Å². The third kappa shape index (κ3) is 5.95. The number of aliphatic hydroxyl groups is 1. The molecule has 3 nitrogen and oxygen atoms in total. The lowest BCUT2D eigenvalue weighted by molar-refractivity contribution is -0.255. The zero-order valence-corrected chi connectivity index (χ0v) is 9.64. The molecule has 0 aromatic carbocycles. The Morgan fingerprint density at radius 2 is 1.81 bits per heavy atom. The first kappa shape index (κ1) is 15.2. The molecule has 6 heteroatoms. The maximum absolute atomic E-state index is 12.2. The Kier molecular flexibility index (Phi) is 5.78. The summed E-state index contributed by atoms with van der Waals surface area (Å²) in [7, 11) is 0. The summed E-state index contributed by atoms with van der Waals surface area (Å²) in [5.74, 6) is 0.474. The molecule has 1 unspecified atom stereocenters. The highest BCUT2D eigenvalue weighted by Gasteiger charge is 2.48. The molecule has 96 valence electrons. The van der Waals surface area contributed by atoms with Crippen LogP contribution in [0, 0.1) is 0 Å². The number of nitrogens with two attached hydrogens (primary N) is 1. The molecular formula is C10H19F3N2O. The van der Waals surface area contributed by atoms with Gasteiger partial charge in [0.1, 0.15) is 0 Å². The van der Waals surface area contributed by atoms with Gasteiger partial charge in [-0.15, -0.1) is 0 Å². The van der Waals surface area contributed by atoms with Gasteiger partial charge in [-0.3, -0.25) is 4.99 Å². The largest absolute Gasteiger partial charge is 0.416 e. The molecule has 0 bridgehead atoms. The van der Waals surface area contributed by atoms with E-state index in [0.717, 1.165) is 6.92 Å². The Morgan fingerprint density at radius 3 is 2.25 bits per heavy atom. The third-order valence-corrected chi connectivity index (χ3v) is 2.29. The summed E-state index contributed by atoms with van der Waals surface area (Å²) in [5, 5.41) is 9.12. The topological polar surface area (TPSA) is 58.6 Å². The van der Waals surface area contributed by atoms with Crippen LogP contribution >= 0.6 is 0 Å². The fraction of sp³-hybridized carbons (Fsp3) is 0.900. The molecule has 0 spiro atoms. The Labute approximate surface area is 93.5 Å². The maximum atomic E-state index is 12.2. The fourth-order valence-electron chi connectivity index (χ4n) is 1.15. The van der Waals surface area contributed by atoms with E-state index in [2.05, 4.69) is 4.99 Å². The number of hydrogen-bond donors (Lipinski definition) is 2. The van der Waals surface area contributed by atoms with Crippen molar-refractivity contribution in [1.82, 2.24) is 0 Å². The van der Waals surface area contributed by atoms with E-state index in [1.807, 2.05) is 0 Å². The van der Waals surface area contributed by atoms with Gasteiger partial charge < -0.3 is 10.8 Å². The number of alkyl halides is 3. The minimum absolute atomic E-state index is 0.276. The molecule has 0 saturated carbocycles. The van der Waals surface area contributed by atoms with Gasteiger partial charge in [-0.1, -0.05) is 12.8 Å². The van der Waals surface area contributed by atoms with Crippen LogP contribution in [0.25, 0.3) is 0 Å². The van der Waals surface area contributed by atoms with E-state index in [0.29, 0.717) is 31.6 Å². The van der Waals surface area contributed by atoms with Gasteiger partial charge in [0.05, 0.1) is 5.84 Å². The first-order chi connectivity index (χ1) is 7.17. The Morgan fingerprint density at radius 1 is 1.25 bits per heavy atom.